The summed E-state index contributed by atoms with van der Waals surface area (Å²) in [6, 6.07) is 16.6. The molecule has 0 saturated heterocycles. The second-order valence-electron chi connectivity index (χ2n) is 5.05. The maximum atomic E-state index is 12.0. The summed E-state index contributed by atoms with van der Waals surface area (Å²) in [7, 11) is 0. The molecule has 1 amide bonds. The van der Waals surface area contributed by atoms with E-state index in [9.17, 15) is 9.90 Å². The molecule has 0 unspecified atom stereocenters. The van der Waals surface area contributed by atoms with Gasteiger partial charge in [0.1, 0.15) is 5.75 Å². The molecule has 2 aromatic carbocycles. The minimum absolute atomic E-state index is 0.0761. The fourth-order valence-corrected chi connectivity index (χ4v) is 2.47. The van der Waals surface area contributed by atoms with E-state index in [1.807, 2.05) is 75.9 Å². The molecule has 1 aromatic heterocycles. The number of carbonyl (C=O) groups excluding carboxylic acids is 1. The molecule has 0 aliphatic rings. The number of carbonyl (C=O) groups is 1. The normalized spacial score (nSPS) is 10.9. The Labute approximate surface area is 152 Å². The van der Waals surface area contributed by atoms with Crippen molar-refractivity contribution in [1.82, 2.24) is 9.99 Å². The molecular formula is C18H14IN3O2. The highest BCUT2D eigenvalue weighted by Gasteiger charge is 2.07. The van der Waals surface area contributed by atoms with Gasteiger partial charge in [-0.2, -0.15) is 5.10 Å². The van der Waals surface area contributed by atoms with E-state index in [1.165, 1.54) is 6.07 Å². The average Bonchev–Trinajstić information content (AvgIpc) is 3.07. The Morgan fingerprint density at radius 1 is 1.17 bits per heavy atom. The molecule has 6 heteroatoms. The van der Waals surface area contributed by atoms with Crippen molar-refractivity contribution in [2.45, 2.75) is 0 Å². The summed E-state index contributed by atoms with van der Waals surface area (Å²) in [4.78, 5) is 12.0. The van der Waals surface area contributed by atoms with Crippen LogP contribution in [-0.4, -0.2) is 21.8 Å². The topological polar surface area (TPSA) is 66.6 Å². The Kier molecular flexibility index (Phi) is 4.95. The number of benzene rings is 2. The number of aromatic nitrogens is 1. The predicted octanol–water partition coefficient (Wildman–Crippen LogP) is 3.55. The monoisotopic (exact) mass is 431 g/mol. The lowest BCUT2D eigenvalue weighted by molar-refractivity contribution is 0.0954. The Hall–Kier alpha value is -2.61. The van der Waals surface area contributed by atoms with Gasteiger partial charge in [0.25, 0.3) is 5.91 Å². The van der Waals surface area contributed by atoms with E-state index in [0.29, 0.717) is 9.13 Å². The van der Waals surface area contributed by atoms with Crippen LogP contribution in [-0.2, 0) is 0 Å². The van der Waals surface area contributed by atoms with Crippen LogP contribution < -0.4 is 5.43 Å². The van der Waals surface area contributed by atoms with Gasteiger partial charge in [-0.15, -0.1) is 0 Å². The number of nitrogens with one attached hydrogen (secondary N) is 1. The maximum Gasteiger partial charge on any atom is 0.271 e. The van der Waals surface area contributed by atoms with E-state index in [2.05, 4.69) is 10.5 Å². The second-order valence-corrected chi connectivity index (χ2v) is 6.22. The first kappa shape index (κ1) is 16.3. The Morgan fingerprint density at radius 2 is 1.96 bits per heavy atom. The summed E-state index contributed by atoms with van der Waals surface area (Å²) >= 11 is 1.99. The lowest BCUT2D eigenvalue weighted by Gasteiger charge is -2.02. The number of phenolic OH excluding ortho intramolecular Hbond substituents is 1. The fourth-order valence-electron chi connectivity index (χ4n) is 2.13. The predicted molar refractivity (Wildman–Crippen MR) is 102 cm³/mol. The molecule has 0 spiro atoms. The summed E-state index contributed by atoms with van der Waals surface area (Å²) in [5.41, 5.74) is 4.72. The number of hydrazone groups is 1. The van der Waals surface area contributed by atoms with Crippen molar-refractivity contribution in [3.63, 3.8) is 0 Å². The van der Waals surface area contributed by atoms with Crippen LogP contribution in [0.2, 0.25) is 0 Å². The zero-order valence-electron chi connectivity index (χ0n) is 12.6. The smallest absolute Gasteiger partial charge is 0.271 e. The summed E-state index contributed by atoms with van der Waals surface area (Å²) < 4.78 is 2.66. The van der Waals surface area contributed by atoms with Crippen LogP contribution in [0, 0.1) is 3.57 Å². The Bertz CT molecular complexity index is 888. The molecule has 0 radical (unpaired) electrons. The van der Waals surface area contributed by atoms with E-state index < -0.39 is 0 Å². The number of para-hydroxylation sites is 1. The van der Waals surface area contributed by atoms with Crippen LogP contribution in [0.25, 0.3) is 5.69 Å². The number of nitrogens with zero attached hydrogens (tertiary/aromatic N) is 2. The van der Waals surface area contributed by atoms with E-state index in [1.54, 1.807) is 18.3 Å². The van der Waals surface area contributed by atoms with Gasteiger partial charge >= 0.3 is 0 Å². The molecular weight excluding hydrogens is 417 g/mol. The zero-order valence-corrected chi connectivity index (χ0v) is 14.7. The molecule has 3 rings (SSSR count). The van der Waals surface area contributed by atoms with E-state index in [4.69, 9.17) is 0 Å². The third-order valence-electron chi connectivity index (χ3n) is 3.36. The molecule has 2 N–H and O–H groups in total. The number of amides is 1. The molecule has 1 heterocycles. The molecule has 0 aliphatic carbocycles. The van der Waals surface area contributed by atoms with Gasteiger partial charge in [-0.1, -0.05) is 18.2 Å². The van der Waals surface area contributed by atoms with Gasteiger partial charge in [0.2, 0.25) is 0 Å². The van der Waals surface area contributed by atoms with Crippen molar-refractivity contribution in [3.8, 4) is 11.4 Å². The first-order chi connectivity index (χ1) is 11.6. The van der Waals surface area contributed by atoms with Gasteiger partial charge < -0.3 is 9.67 Å². The number of halogens is 1. The number of aromatic hydroxyl groups is 1. The highest BCUT2D eigenvalue weighted by atomic mass is 127. The second kappa shape index (κ2) is 7.31. The van der Waals surface area contributed by atoms with Gasteiger partial charge in [0, 0.05) is 29.2 Å². The molecule has 0 fully saturated rings. The van der Waals surface area contributed by atoms with Crippen LogP contribution in [0.3, 0.4) is 0 Å². The summed E-state index contributed by atoms with van der Waals surface area (Å²) in [5, 5.41) is 13.6. The summed E-state index contributed by atoms with van der Waals surface area (Å²) in [5.74, 6) is -0.299. The first-order valence-electron chi connectivity index (χ1n) is 7.19. The lowest BCUT2D eigenvalue weighted by atomic mass is 10.2. The van der Waals surface area contributed by atoms with Crippen molar-refractivity contribution >= 4 is 34.7 Å². The summed E-state index contributed by atoms with van der Waals surface area (Å²) in [6.45, 7) is 0. The SMILES string of the molecule is O=C(N/N=C\c1ccn(-c2ccccc2)c1)c1ccc(I)c(O)c1. The van der Waals surface area contributed by atoms with Crippen molar-refractivity contribution < 1.29 is 9.90 Å². The van der Waals surface area contributed by atoms with Crippen LogP contribution in [0.5, 0.6) is 5.75 Å². The minimum atomic E-state index is -0.375. The molecule has 0 atom stereocenters. The summed E-state index contributed by atoms with van der Waals surface area (Å²) in [6.07, 6.45) is 5.42. The largest absolute Gasteiger partial charge is 0.507 e. The van der Waals surface area contributed by atoms with Gasteiger partial charge in [-0.25, -0.2) is 5.43 Å². The van der Waals surface area contributed by atoms with E-state index in [0.717, 1.165) is 11.3 Å². The molecule has 0 aliphatic heterocycles. The van der Waals surface area contributed by atoms with Crippen LogP contribution in [0.1, 0.15) is 15.9 Å². The van der Waals surface area contributed by atoms with E-state index >= 15 is 0 Å². The first-order valence-corrected chi connectivity index (χ1v) is 8.27. The molecule has 3 aromatic rings. The third kappa shape index (κ3) is 3.83. The minimum Gasteiger partial charge on any atom is -0.507 e. The number of hydrogen-bond acceptors (Lipinski definition) is 3. The van der Waals surface area contributed by atoms with Crippen molar-refractivity contribution in [2.75, 3.05) is 0 Å². The van der Waals surface area contributed by atoms with Crippen LogP contribution in [0.15, 0.2) is 72.1 Å². The highest BCUT2D eigenvalue weighted by Crippen LogP contribution is 2.20. The Morgan fingerprint density at radius 3 is 2.71 bits per heavy atom. The zero-order chi connectivity index (χ0) is 16.9. The van der Waals surface area contributed by atoms with Gasteiger partial charge in [-0.05, 0) is 59.0 Å². The Balaban J connectivity index is 1.65. The molecule has 120 valence electrons. The van der Waals surface area contributed by atoms with Gasteiger partial charge in [-0.3, -0.25) is 4.79 Å². The van der Waals surface area contributed by atoms with Crippen molar-refractivity contribution in [1.29, 1.82) is 0 Å². The number of hydrogen-bond donors (Lipinski definition) is 2. The molecule has 0 saturated carbocycles. The van der Waals surface area contributed by atoms with Crippen molar-refractivity contribution in [3.05, 3.63) is 81.7 Å². The molecule has 0 bridgehead atoms. The van der Waals surface area contributed by atoms with Crippen LogP contribution >= 0.6 is 22.6 Å². The lowest BCUT2D eigenvalue weighted by Crippen LogP contribution is -2.17. The molecule has 5 nitrogen and oxygen atoms in total. The molecule has 24 heavy (non-hydrogen) atoms. The number of phenols is 1. The number of rotatable bonds is 4. The van der Waals surface area contributed by atoms with Gasteiger partial charge in [0.05, 0.1) is 9.78 Å². The average molecular weight is 431 g/mol. The van der Waals surface area contributed by atoms with Crippen molar-refractivity contribution in [2.24, 2.45) is 5.10 Å². The third-order valence-corrected chi connectivity index (χ3v) is 4.27. The van der Waals surface area contributed by atoms with E-state index in [-0.39, 0.29) is 11.7 Å². The quantitative estimate of drug-likeness (QED) is 0.377. The van der Waals surface area contributed by atoms with Gasteiger partial charge in [0.15, 0.2) is 0 Å². The van der Waals surface area contributed by atoms with Crippen LogP contribution in [0.4, 0.5) is 0 Å². The standard InChI is InChI=1S/C18H14IN3O2/c19-16-7-6-14(10-17(16)23)18(24)21-20-11-13-8-9-22(12-13)15-4-2-1-3-5-15/h1-12,23H,(H,21,24)/b20-11-. The highest BCUT2D eigenvalue weighted by molar-refractivity contribution is 14.1. The fraction of sp³-hybridized carbons (Fsp3) is 0. The maximum absolute atomic E-state index is 12.0.